The number of H-pyrrole nitrogens is 1. The van der Waals surface area contributed by atoms with E-state index in [2.05, 4.69) is 36.2 Å². The summed E-state index contributed by atoms with van der Waals surface area (Å²) in [5.41, 5.74) is 8.92. The van der Waals surface area contributed by atoms with Gasteiger partial charge in [0.2, 0.25) is 0 Å². The van der Waals surface area contributed by atoms with Gasteiger partial charge in [0.1, 0.15) is 17.3 Å². The molecule has 2 aliphatic rings. The minimum Gasteiger partial charge on any atom is -0.421 e. The first kappa shape index (κ1) is 17.4. The number of anilines is 2. The molecular weight excluding hydrogens is 380 g/mol. The van der Waals surface area contributed by atoms with E-state index in [1.54, 1.807) is 12.4 Å². The highest BCUT2D eigenvalue weighted by Crippen LogP contribution is 2.47. The number of rotatable bonds is 4. The van der Waals surface area contributed by atoms with Crippen LogP contribution in [-0.2, 0) is 0 Å². The quantitative estimate of drug-likeness (QED) is 0.476. The van der Waals surface area contributed by atoms with Crippen molar-refractivity contribution in [3.63, 3.8) is 0 Å². The number of nitrogens with two attached hydrogens (primary N) is 1. The minimum absolute atomic E-state index is 0.271. The van der Waals surface area contributed by atoms with Gasteiger partial charge in [0.05, 0.1) is 29.0 Å². The Balaban J connectivity index is 1.51. The monoisotopic (exact) mass is 402 g/mol. The van der Waals surface area contributed by atoms with E-state index in [4.69, 9.17) is 15.5 Å². The molecule has 1 aliphatic heterocycles. The SMILES string of the molecule is CNc1cccc2c1[nH]c1nc(Oc3cnc(C)nc3)nc(N3CC4C(N)C4C3)c12. The predicted molar refractivity (Wildman–Crippen MR) is 115 cm³/mol. The summed E-state index contributed by atoms with van der Waals surface area (Å²) in [5, 5.41) is 5.33. The summed E-state index contributed by atoms with van der Waals surface area (Å²) in [5.74, 6) is 3.15. The molecular formula is C21H22N8O. The number of nitrogens with zero attached hydrogens (tertiary/aromatic N) is 5. The van der Waals surface area contributed by atoms with Gasteiger partial charge in [-0.25, -0.2) is 9.97 Å². The van der Waals surface area contributed by atoms with Gasteiger partial charge in [0.15, 0.2) is 5.75 Å². The summed E-state index contributed by atoms with van der Waals surface area (Å²) in [4.78, 5) is 23.6. The molecule has 4 N–H and O–H groups in total. The van der Waals surface area contributed by atoms with Crippen LogP contribution in [0.25, 0.3) is 21.9 Å². The molecule has 9 nitrogen and oxygen atoms in total. The molecule has 1 saturated heterocycles. The molecule has 1 saturated carbocycles. The Morgan fingerprint density at radius 2 is 1.93 bits per heavy atom. The summed E-state index contributed by atoms with van der Waals surface area (Å²) >= 11 is 0. The summed E-state index contributed by atoms with van der Waals surface area (Å²) in [6, 6.07) is 6.76. The molecule has 4 heterocycles. The summed E-state index contributed by atoms with van der Waals surface area (Å²) in [6.07, 6.45) is 3.26. The lowest BCUT2D eigenvalue weighted by atomic mass is 10.1. The zero-order valence-corrected chi connectivity index (χ0v) is 16.8. The minimum atomic E-state index is 0.271. The van der Waals surface area contributed by atoms with E-state index in [0.29, 0.717) is 29.5 Å². The maximum atomic E-state index is 6.16. The van der Waals surface area contributed by atoms with Crippen molar-refractivity contribution in [1.29, 1.82) is 0 Å². The van der Waals surface area contributed by atoms with Gasteiger partial charge in [-0.2, -0.15) is 9.97 Å². The lowest BCUT2D eigenvalue weighted by Crippen LogP contribution is -2.29. The number of fused-ring (bicyclic) bond motifs is 4. The maximum Gasteiger partial charge on any atom is 0.326 e. The van der Waals surface area contributed by atoms with Crippen molar-refractivity contribution in [3.05, 3.63) is 36.4 Å². The van der Waals surface area contributed by atoms with Gasteiger partial charge < -0.3 is 25.7 Å². The Labute approximate surface area is 172 Å². The van der Waals surface area contributed by atoms with Gasteiger partial charge in [-0.3, -0.25) is 0 Å². The number of hydrogen-bond donors (Lipinski definition) is 3. The molecule has 4 aromatic rings. The number of ether oxygens (including phenoxy) is 1. The fourth-order valence-corrected chi connectivity index (χ4v) is 4.55. The molecule has 2 atom stereocenters. The number of aromatic amines is 1. The van der Waals surface area contributed by atoms with Gasteiger partial charge in [-0.05, 0) is 24.8 Å². The van der Waals surface area contributed by atoms with Crippen molar-refractivity contribution in [2.45, 2.75) is 13.0 Å². The molecule has 0 bridgehead atoms. The lowest BCUT2D eigenvalue weighted by molar-refractivity contribution is 0.439. The Bertz CT molecular complexity index is 1260. The van der Waals surface area contributed by atoms with Gasteiger partial charge in [-0.15, -0.1) is 0 Å². The van der Waals surface area contributed by atoms with Crippen LogP contribution < -0.4 is 20.7 Å². The van der Waals surface area contributed by atoms with E-state index in [0.717, 1.165) is 46.5 Å². The highest BCUT2D eigenvalue weighted by Gasteiger charge is 2.54. The molecule has 0 amide bonds. The number of para-hydroxylation sites is 1. The van der Waals surface area contributed by atoms with E-state index in [9.17, 15) is 0 Å². The third-order valence-electron chi connectivity index (χ3n) is 6.24. The highest BCUT2D eigenvalue weighted by molar-refractivity contribution is 6.14. The van der Waals surface area contributed by atoms with Crippen LogP contribution in [0, 0.1) is 18.8 Å². The zero-order valence-electron chi connectivity index (χ0n) is 16.8. The van der Waals surface area contributed by atoms with Crippen LogP contribution in [0.15, 0.2) is 30.6 Å². The molecule has 0 spiro atoms. The lowest BCUT2D eigenvalue weighted by Gasteiger charge is -2.21. The summed E-state index contributed by atoms with van der Waals surface area (Å²) in [7, 11) is 1.91. The number of aromatic nitrogens is 5. The Morgan fingerprint density at radius 3 is 2.67 bits per heavy atom. The van der Waals surface area contributed by atoms with E-state index in [1.807, 2.05) is 26.1 Å². The number of hydrogen-bond acceptors (Lipinski definition) is 8. The van der Waals surface area contributed by atoms with Crippen molar-refractivity contribution in [2.75, 3.05) is 30.4 Å². The normalized spacial score (nSPS) is 22.5. The van der Waals surface area contributed by atoms with E-state index < -0.39 is 0 Å². The van der Waals surface area contributed by atoms with Gasteiger partial charge in [0, 0.05) is 31.6 Å². The molecule has 0 radical (unpaired) electrons. The second-order valence-electron chi connectivity index (χ2n) is 8.03. The van der Waals surface area contributed by atoms with Crippen LogP contribution in [-0.4, -0.2) is 51.1 Å². The smallest absolute Gasteiger partial charge is 0.326 e. The molecule has 1 aromatic carbocycles. The second-order valence-corrected chi connectivity index (χ2v) is 8.03. The molecule has 152 valence electrons. The van der Waals surface area contributed by atoms with Crippen LogP contribution in [0.5, 0.6) is 11.8 Å². The Hall–Kier alpha value is -3.46. The highest BCUT2D eigenvalue weighted by atomic mass is 16.5. The molecule has 2 fully saturated rings. The van der Waals surface area contributed by atoms with E-state index >= 15 is 0 Å². The summed E-state index contributed by atoms with van der Waals surface area (Å²) in [6.45, 7) is 3.64. The van der Waals surface area contributed by atoms with Gasteiger partial charge in [-0.1, -0.05) is 12.1 Å². The molecule has 30 heavy (non-hydrogen) atoms. The fourth-order valence-electron chi connectivity index (χ4n) is 4.55. The number of nitrogens with one attached hydrogen (secondary N) is 2. The van der Waals surface area contributed by atoms with Crippen LogP contribution in [0.4, 0.5) is 11.5 Å². The van der Waals surface area contributed by atoms with Crippen molar-refractivity contribution in [2.24, 2.45) is 17.6 Å². The molecule has 3 aromatic heterocycles. The third kappa shape index (κ3) is 2.58. The topological polar surface area (TPSA) is 118 Å². The van der Waals surface area contributed by atoms with Crippen LogP contribution in [0.2, 0.25) is 0 Å². The van der Waals surface area contributed by atoms with Gasteiger partial charge in [0.25, 0.3) is 0 Å². The van der Waals surface area contributed by atoms with Gasteiger partial charge >= 0.3 is 6.01 Å². The zero-order chi connectivity index (χ0) is 20.4. The Morgan fingerprint density at radius 1 is 1.17 bits per heavy atom. The van der Waals surface area contributed by atoms with E-state index in [1.165, 1.54) is 0 Å². The first-order valence-electron chi connectivity index (χ1n) is 10.1. The average Bonchev–Trinajstić information content (AvgIpc) is 3.13. The first-order valence-corrected chi connectivity index (χ1v) is 10.1. The van der Waals surface area contributed by atoms with Crippen LogP contribution in [0.1, 0.15) is 5.82 Å². The fraction of sp³-hybridized carbons (Fsp3) is 0.333. The Kier molecular flexibility index (Phi) is 3.64. The van der Waals surface area contributed by atoms with Crippen molar-refractivity contribution < 1.29 is 4.74 Å². The largest absolute Gasteiger partial charge is 0.421 e. The average molecular weight is 402 g/mol. The first-order chi connectivity index (χ1) is 14.6. The van der Waals surface area contributed by atoms with Crippen molar-refractivity contribution >= 4 is 33.4 Å². The van der Waals surface area contributed by atoms with Crippen LogP contribution in [0.3, 0.4) is 0 Å². The number of piperidine rings is 1. The molecule has 9 heteroatoms. The second kappa shape index (κ2) is 6.27. The van der Waals surface area contributed by atoms with Crippen molar-refractivity contribution in [1.82, 2.24) is 24.9 Å². The summed E-state index contributed by atoms with van der Waals surface area (Å²) < 4.78 is 5.92. The van der Waals surface area contributed by atoms with E-state index in [-0.39, 0.29) is 6.01 Å². The van der Waals surface area contributed by atoms with Crippen LogP contribution >= 0.6 is 0 Å². The molecule has 2 unspecified atom stereocenters. The maximum absolute atomic E-state index is 6.16. The predicted octanol–water partition coefficient (Wildman–Crippen LogP) is 2.44. The standard InChI is InChI=1S/C21H22N8O/c1-10-24-6-11(7-25-10)30-21-27-19-16(12-4-3-5-15(23-2)18(12)26-19)20(28-21)29-8-13-14(9-29)17(13)22/h3-7,13-14,17,23H,8-9,22H2,1-2H3,(H,26,27,28). The van der Waals surface area contributed by atoms with Crippen molar-refractivity contribution in [3.8, 4) is 11.8 Å². The molecule has 6 rings (SSSR count). The number of aryl methyl sites for hydroxylation is 1. The number of benzene rings is 1. The molecule has 1 aliphatic carbocycles. The third-order valence-corrected chi connectivity index (χ3v) is 6.24.